The van der Waals surface area contributed by atoms with Crippen LogP contribution in [0.3, 0.4) is 0 Å². The molecule has 1 aliphatic heterocycles. The highest BCUT2D eigenvalue weighted by Gasteiger charge is 2.55. The molecule has 104 valence electrons. The molecule has 1 aromatic rings. The lowest BCUT2D eigenvalue weighted by Crippen LogP contribution is -2.64. The Hall–Kier alpha value is -1.18. The maximum atomic E-state index is 13.3. The van der Waals surface area contributed by atoms with Crippen molar-refractivity contribution in [2.75, 3.05) is 18.8 Å². The van der Waals surface area contributed by atoms with Crippen molar-refractivity contribution < 1.29 is 17.9 Å². The van der Waals surface area contributed by atoms with Gasteiger partial charge in [-0.2, -0.15) is 4.31 Å². The van der Waals surface area contributed by atoms with Crippen LogP contribution in [0.1, 0.15) is 12.8 Å². The van der Waals surface area contributed by atoms with Crippen LogP contribution in [-0.2, 0) is 10.0 Å². The van der Waals surface area contributed by atoms with E-state index in [1.807, 2.05) is 0 Å². The first kappa shape index (κ1) is 12.8. The molecule has 3 N–H and O–H groups in total. The molecule has 5 nitrogen and oxygen atoms in total. The molecule has 1 aliphatic carbocycles. The summed E-state index contributed by atoms with van der Waals surface area (Å²) in [7, 11) is -3.74. The van der Waals surface area contributed by atoms with E-state index >= 15 is 0 Å². The van der Waals surface area contributed by atoms with Crippen molar-refractivity contribution in [3.63, 3.8) is 0 Å². The molecule has 2 fully saturated rings. The van der Waals surface area contributed by atoms with Gasteiger partial charge in [0.25, 0.3) is 0 Å². The van der Waals surface area contributed by atoms with Gasteiger partial charge in [0, 0.05) is 13.1 Å². The molecule has 0 aromatic heterocycles. The molecule has 0 spiro atoms. The van der Waals surface area contributed by atoms with Gasteiger partial charge in [-0.15, -0.1) is 0 Å². The summed E-state index contributed by atoms with van der Waals surface area (Å²) in [5.41, 5.74) is 4.35. The minimum Gasteiger partial charge on any atom is -0.396 e. The van der Waals surface area contributed by atoms with Gasteiger partial charge in [-0.1, -0.05) is 0 Å². The molecular formula is C12H15FN2O3S. The zero-order valence-electron chi connectivity index (χ0n) is 10.2. The summed E-state index contributed by atoms with van der Waals surface area (Å²) >= 11 is 0. The Morgan fingerprint density at radius 2 is 2.00 bits per heavy atom. The van der Waals surface area contributed by atoms with Gasteiger partial charge in [0.05, 0.1) is 16.2 Å². The summed E-state index contributed by atoms with van der Waals surface area (Å²) in [6.07, 6.45) is 1.89. The van der Waals surface area contributed by atoms with E-state index < -0.39 is 21.4 Å². The zero-order chi connectivity index (χ0) is 13.8. The summed E-state index contributed by atoms with van der Waals surface area (Å²) in [5.74, 6) is -0.541. The number of hydrogen-bond donors (Lipinski definition) is 2. The molecule has 19 heavy (non-hydrogen) atoms. The van der Waals surface area contributed by atoms with Crippen LogP contribution < -0.4 is 5.73 Å². The van der Waals surface area contributed by atoms with Crippen molar-refractivity contribution in [3.8, 4) is 0 Å². The lowest BCUT2D eigenvalue weighted by atomic mass is 9.91. The standard InChI is InChI=1S/C12H15FN2O3S/c13-10-5-9(3-4-11(10)14)19(17,18)15-6-12(16,7-15)8-1-2-8/h3-5,8,16H,1-2,6-7,14H2. The number of aliphatic hydroxyl groups is 1. The highest BCUT2D eigenvalue weighted by atomic mass is 32.2. The largest absolute Gasteiger partial charge is 0.396 e. The highest BCUT2D eigenvalue weighted by Crippen LogP contribution is 2.45. The summed E-state index contributed by atoms with van der Waals surface area (Å²) in [5, 5.41) is 10.1. The third kappa shape index (κ3) is 2.01. The highest BCUT2D eigenvalue weighted by molar-refractivity contribution is 7.89. The average molecular weight is 286 g/mol. The van der Waals surface area contributed by atoms with Gasteiger partial charge in [0.1, 0.15) is 5.82 Å². The summed E-state index contributed by atoms with van der Waals surface area (Å²) in [6, 6.07) is 3.43. The quantitative estimate of drug-likeness (QED) is 0.795. The maximum absolute atomic E-state index is 13.3. The Morgan fingerprint density at radius 1 is 1.37 bits per heavy atom. The van der Waals surface area contributed by atoms with E-state index in [4.69, 9.17) is 5.73 Å². The van der Waals surface area contributed by atoms with Gasteiger partial charge in [0.15, 0.2) is 0 Å². The van der Waals surface area contributed by atoms with Gasteiger partial charge in [-0.05, 0) is 37.0 Å². The maximum Gasteiger partial charge on any atom is 0.243 e. The third-order valence-corrected chi connectivity index (χ3v) is 5.63. The first-order valence-electron chi connectivity index (χ1n) is 6.10. The number of benzene rings is 1. The zero-order valence-corrected chi connectivity index (χ0v) is 11.0. The van der Waals surface area contributed by atoms with E-state index in [2.05, 4.69) is 0 Å². The Labute approximate surface area is 110 Å². The van der Waals surface area contributed by atoms with E-state index in [-0.39, 0.29) is 29.6 Å². The molecule has 0 bridgehead atoms. The molecule has 7 heteroatoms. The second-order valence-corrected chi connectivity index (χ2v) is 7.27. The smallest absolute Gasteiger partial charge is 0.243 e. The van der Waals surface area contributed by atoms with Crippen molar-refractivity contribution >= 4 is 15.7 Å². The van der Waals surface area contributed by atoms with E-state index in [0.717, 1.165) is 18.9 Å². The van der Waals surface area contributed by atoms with Crippen LogP contribution in [0.5, 0.6) is 0 Å². The molecule has 1 saturated heterocycles. The van der Waals surface area contributed by atoms with Crippen LogP contribution in [0.4, 0.5) is 10.1 Å². The van der Waals surface area contributed by atoms with E-state index in [1.165, 1.54) is 16.4 Å². The van der Waals surface area contributed by atoms with Gasteiger partial charge < -0.3 is 10.8 Å². The number of halogens is 1. The lowest BCUT2D eigenvalue weighted by Gasteiger charge is -2.45. The number of β-amino-alcohol motifs (C(OH)–C–C–N with tert-alkyl or cyclic N) is 1. The first-order valence-corrected chi connectivity index (χ1v) is 7.54. The van der Waals surface area contributed by atoms with Crippen LogP contribution in [0.25, 0.3) is 0 Å². The fourth-order valence-electron chi connectivity index (χ4n) is 2.43. The number of rotatable bonds is 3. The Bertz CT molecular complexity index is 622. The summed E-state index contributed by atoms with van der Waals surface area (Å²) < 4.78 is 38.9. The Balaban J connectivity index is 1.82. The molecule has 0 amide bonds. The number of anilines is 1. The lowest BCUT2D eigenvalue weighted by molar-refractivity contribution is -0.0764. The minimum atomic E-state index is -3.74. The molecule has 1 saturated carbocycles. The number of sulfonamides is 1. The molecule has 3 rings (SSSR count). The molecule has 1 heterocycles. The van der Waals surface area contributed by atoms with Crippen molar-refractivity contribution in [1.29, 1.82) is 0 Å². The predicted molar refractivity (Wildman–Crippen MR) is 67.2 cm³/mol. The number of nitrogen functional groups attached to an aromatic ring is 1. The van der Waals surface area contributed by atoms with Crippen LogP contribution in [0.15, 0.2) is 23.1 Å². The summed E-state index contributed by atoms with van der Waals surface area (Å²) in [4.78, 5) is -0.128. The SMILES string of the molecule is Nc1ccc(S(=O)(=O)N2CC(O)(C3CC3)C2)cc1F. The second kappa shape index (κ2) is 3.91. The molecule has 2 aliphatic rings. The van der Waals surface area contributed by atoms with Crippen molar-refractivity contribution in [3.05, 3.63) is 24.0 Å². The van der Waals surface area contributed by atoms with E-state index in [9.17, 15) is 17.9 Å². The molecule has 0 atom stereocenters. The van der Waals surface area contributed by atoms with Gasteiger partial charge in [-0.25, -0.2) is 12.8 Å². The number of hydrogen-bond acceptors (Lipinski definition) is 4. The topological polar surface area (TPSA) is 83.6 Å². The molecular weight excluding hydrogens is 271 g/mol. The Morgan fingerprint density at radius 3 is 2.53 bits per heavy atom. The Kier molecular flexibility index (Phi) is 2.64. The molecule has 1 aromatic carbocycles. The van der Waals surface area contributed by atoms with Crippen LogP contribution in [0, 0.1) is 11.7 Å². The monoisotopic (exact) mass is 286 g/mol. The van der Waals surface area contributed by atoms with Gasteiger partial charge in [-0.3, -0.25) is 0 Å². The van der Waals surface area contributed by atoms with Crippen molar-refractivity contribution in [1.82, 2.24) is 4.31 Å². The van der Waals surface area contributed by atoms with E-state index in [1.54, 1.807) is 0 Å². The first-order chi connectivity index (χ1) is 8.83. The fraction of sp³-hybridized carbons (Fsp3) is 0.500. The molecule has 0 radical (unpaired) electrons. The summed E-state index contributed by atoms with van der Waals surface area (Å²) in [6.45, 7) is 0.179. The van der Waals surface area contributed by atoms with E-state index in [0.29, 0.717) is 0 Å². The van der Waals surface area contributed by atoms with Crippen molar-refractivity contribution in [2.45, 2.75) is 23.3 Å². The second-order valence-electron chi connectivity index (χ2n) is 5.33. The van der Waals surface area contributed by atoms with Gasteiger partial charge in [0.2, 0.25) is 10.0 Å². The fourth-order valence-corrected chi connectivity index (χ4v) is 4.01. The normalized spacial score (nSPS) is 23.1. The van der Waals surface area contributed by atoms with Crippen LogP contribution in [0.2, 0.25) is 0 Å². The molecule has 0 unspecified atom stereocenters. The number of nitrogens with two attached hydrogens (primary N) is 1. The van der Waals surface area contributed by atoms with Gasteiger partial charge >= 0.3 is 0 Å². The predicted octanol–water partition coefficient (Wildman–Crippen LogP) is 0.553. The van der Waals surface area contributed by atoms with Crippen LogP contribution >= 0.6 is 0 Å². The number of nitrogens with zero attached hydrogens (tertiary/aromatic N) is 1. The average Bonchev–Trinajstić information content (AvgIpc) is 3.12. The van der Waals surface area contributed by atoms with Crippen LogP contribution in [-0.4, -0.2) is 36.5 Å². The minimum absolute atomic E-state index is 0.0861. The third-order valence-electron chi connectivity index (χ3n) is 3.85. The van der Waals surface area contributed by atoms with Crippen molar-refractivity contribution in [2.24, 2.45) is 5.92 Å².